The van der Waals surface area contributed by atoms with Crippen LogP contribution in [0, 0.1) is 17.4 Å². The van der Waals surface area contributed by atoms with Crippen molar-refractivity contribution in [3.63, 3.8) is 0 Å². The molecule has 80 valence electrons. The van der Waals surface area contributed by atoms with E-state index in [1.54, 1.807) is 0 Å². The van der Waals surface area contributed by atoms with Crippen LogP contribution in [-0.4, -0.2) is 19.8 Å². The van der Waals surface area contributed by atoms with Crippen LogP contribution in [0.1, 0.15) is 27.2 Å². The predicted octanol–water partition coefficient (Wildman–Crippen LogP) is 3.07. The van der Waals surface area contributed by atoms with Crippen molar-refractivity contribution in [3.8, 4) is 11.5 Å². The van der Waals surface area contributed by atoms with E-state index in [1.807, 2.05) is 0 Å². The minimum atomic E-state index is -1.18. The quantitative estimate of drug-likeness (QED) is 0.477. The van der Waals surface area contributed by atoms with E-state index in [0.717, 1.165) is 6.42 Å². The van der Waals surface area contributed by atoms with E-state index in [9.17, 15) is 0 Å². The molecular weight excluding hydrogens is 188 g/mol. The smallest absolute Gasteiger partial charge is 0.129 e. The summed E-state index contributed by atoms with van der Waals surface area (Å²) in [5, 5.41) is 0. The lowest BCUT2D eigenvalue weighted by Crippen LogP contribution is -2.21. The average molecular weight is 210 g/mol. The Hall–Kier alpha value is -0.263. The lowest BCUT2D eigenvalue weighted by atomic mass is 10.2. The lowest BCUT2D eigenvalue weighted by Gasteiger charge is -2.19. The van der Waals surface area contributed by atoms with Crippen LogP contribution >= 0.6 is 0 Å². The van der Waals surface area contributed by atoms with Crippen LogP contribution < -0.4 is 0 Å². The minimum absolute atomic E-state index is 0.0136. The van der Waals surface area contributed by atoms with Crippen molar-refractivity contribution in [2.45, 2.75) is 58.5 Å². The van der Waals surface area contributed by atoms with Crippen molar-refractivity contribution in [2.75, 3.05) is 0 Å². The third-order valence-corrected chi connectivity index (χ3v) is 2.76. The Labute approximate surface area is 89.2 Å². The van der Waals surface area contributed by atoms with E-state index in [4.69, 9.17) is 4.74 Å². The molecule has 0 bridgehead atoms. The van der Waals surface area contributed by atoms with Crippen molar-refractivity contribution in [1.29, 1.82) is 0 Å². The molecule has 1 rings (SSSR count). The second-order valence-corrected chi connectivity index (χ2v) is 10.9. The van der Waals surface area contributed by atoms with Crippen molar-refractivity contribution in [3.05, 3.63) is 0 Å². The summed E-state index contributed by atoms with van der Waals surface area (Å²) in [5.41, 5.74) is 3.39. The molecule has 0 saturated heterocycles. The molecule has 2 atom stereocenters. The van der Waals surface area contributed by atoms with Crippen molar-refractivity contribution in [1.82, 2.24) is 0 Å². The van der Waals surface area contributed by atoms with Gasteiger partial charge in [-0.1, -0.05) is 19.6 Å². The lowest BCUT2D eigenvalue weighted by molar-refractivity contribution is -0.0187. The first-order chi connectivity index (χ1) is 6.17. The van der Waals surface area contributed by atoms with Crippen molar-refractivity contribution >= 4 is 8.07 Å². The zero-order chi connectivity index (χ0) is 11.0. The van der Waals surface area contributed by atoms with Gasteiger partial charge in [-0.2, -0.15) is 0 Å². The van der Waals surface area contributed by atoms with E-state index < -0.39 is 8.07 Å². The minimum Gasteiger partial charge on any atom is -0.371 e. The Bertz CT molecular complexity index is 259. The second kappa shape index (κ2) is 3.71. The Balaban J connectivity index is 2.36. The van der Waals surface area contributed by atoms with Crippen LogP contribution in [0.15, 0.2) is 0 Å². The van der Waals surface area contributed by atoms with Crippen LogP contribution in [-0.2, 0) is 4.74 Å². The predicted molar refractivity (Wildman–Crippen MR) is 63.9 cm³/mol. The monoisotopic (exact) mass is 210 g/mol. The molecule has 0 heterocycles. The summed E-state index contributed by atoms with van der Waals surface area (Å²) in [5.74, 6) is 3.87. The van der Waals surface area contributed by atoms with Crippen LogP contribution in [0.4, 0.5) is 0 Å². The maximum atomic E-state index is 5.84. The first kappa shape index (κ1) is 11.8. The van der Waals surface area contributed by atoms with Gasteiger partial charge < -0.3 is 4.74 Å². The first-order valence-electron chi connectivity index (χ1n) is 5.38. The van der Waals surface area contributed by atoms with Gasteiger partial charge in [0.25, 0.3) is 0 Å². The summed E-state index contributed by atoms with van der Waals surface area (Å²) < 4.78 is 5.84. The van der Waals surface area contributed by atoms with Crippen LogP contribution in [0.2, 0.25) is 19.6 Å². The Kier molecular flexibility index (Phi) is 3.13. The van der Waals surface area contributed by atoms with Gasteiger partial charge in [0.1, 0.15) is 8.07 Å². The summed E-state index contributed by atoms with van der Waals surface area (Å²) in [6.07, 6.45) is 1.54. The molecule has 0 aliphatic heterocycles. The largest absolute Gasteiger partial charge is 0.371 e. The average Bonchev–Trinajstić information content (AvgIpc) is 2.58. The van der Waals surface area contributed by atoms with E-state index in [0.29, 0.717) is 12.0 Å². The first-order valence-corrected chi connectivity index (χ1v) is 8.88. The summed E-state index contributed by atoms with van der Waals surface area (Å²) in [6, 6.07) is 0. The molecule has 0 aromatic heterocycles. The number of ether oxygens (including phenoxy) is 1. The van der Waals surface area contributed by atoms with Gasteiger partial charge in [-0.15, -0.1) is 11.5 Å². The molecule has 14 heavy (non-hydrogen) atoms. The third kappa shape index (κ3) is 4.83. The summed E-state index contributed by atoms with van der Waals surface area (Å²) in [6.45, 7) is 13.2. The summed E-state index contributed by atoms with van der Waals surface area (Å²) in [4.78, 5) is 0. The third-order valence-electron chi connectivity index (χ3n) is 1.87. The Morgan fingerprint density at radius 1 is 1.21 bits per heavy atom. The molecule has 2 heteroatoms. The zero-order valence-corrected chi connectivity index (χ0v) is 11.3. The SMILES string of the molecule is CC(C)(C)O[C@@H]1C[C@H]1C#C[Si](C)(C)C. The zero-order valence-electron chi connectivity index (χ0n) is 10.3. The fourth-order valence-corrected chi connectivity index (χ4v) is 1.84. The van der Waals surface area contributed by atoms with E-state index in [2.05, 4.69) is 51.9 Å². The highest BCUT2D eigenvalue weighted by atomic mass is 28.3. The van der Waals surface area contributed by atoms with E-state index >= 15 is 0 Å². The highest BCUT2D eigenvalue weighted by molar-refractivity contribution is 6.83. The van der Waals surface area contributed by atoms with Crippen LogP contribution in [0.5, 0.6) is 0 Å². The molecule has 0 unspecified atom stereocenters. The van der Waals surface area contributed by atoms with Gasteiger partial charge in [-0.3, -0.25) is 0 Å². The van der Waals surface area contributed by atoms with Gasteiger partial charge in [-0.25, -0.2) is 0 Å². The van der Waals surface area contributed by atoms with Gasteiger partial charge in [0.2, 0.25) is 0 Å². The summed E-state index contributed by atoms with van der Waals surface area (Å²) in [7, 11) is -1.18. The topological polar surface area (TPSA) is 9.23 Å². The van der Waals surface area contributed by atoms with Gasteiger partial charge in [0.05, 0.1) is 11.7 Å². The molecule has 0 radical (unpaired) electrons. The summed E-state index contributed by atoms with van der Waals surface area (Å²) >= 11 is 0. The van der Waals surface area contributed by atoms with Gasteiger partial charge in [0.15, 0.2) is 0 Å². The van der Waals surface area contributed by atoms with Crippen molar-refractivity contribution in [2.24, 2.45) is 5.92 Å². The standard InChI is InChI=1S/C12H22OSi/c1-12(2,3)13-11-9-10(11)7-8-14(4,5)6/h10-11H,9H2,1-6H3/t10-,11-/m1/s1. The highest BCUT2D eigenvalue weighted by Gasteiger charge is 2.39. The molecule has 1 saturated carbocycles. The maximum absolute atomic E-state index is 5.84. The molecular formula is C12H22OSi. The fraction of sp³-hybridized carbons (Fsp3) is 0.833. The maximum Gasteiger partial charge on any atom is 0.129 e. The van der Waals surface area contributed by atoms with Gasteiger partial charge >= 0.3 is 0 Å². The normalized spacial score (nSPS) is 26.7. The Morgan fingerprint density at radius 2 is 1.79 bits per heavy atom. The molecule has 0 amide bonds. The van der Waals surface area contributed by atoms with Gasteiger partial charge in [0, 0.05) is 5.92 Å². The van der Waals surface area contributed by atoms with E-state index in [-0.39, 0.29) is 5.60 Å². The number of hydrogen-bond acceptors (Lipinski definition) is 1. The van der Waals surface area contributed by atoms with Crippen LogP contribution in [0.25, 0.3) is 0 Å². The van der Waals surface area contributed by atoms with E-state index in [1.165, 1.54) is 0 Å². The molecule has 1 aliphatic carbocycles. The fourth-order valence-electron chi connectivity index (χ4n) is 1.22. The molecule has 1 aliphatic rings. The Morgan fingerprint density at radius 3 is 2.21 bits per heavy atom. The molecule has 1 nitrogen and oxygen atoms in total. The van der Waals surface area contributed by atoms with Crippen molar-refractivity contribution < 1.29 is 4.74 Å². The molecule has 0 aromatic rings. The van der Waals surface area contributed by atoms with Gasteiger partial charge in [-0.05, 0) is 27.2 Å². The molecule has 0 spiro atoms. The molecule has 1 fully saturated rings. The molecule has 0 N–H and O–H groups in total. The second-order valence-electron chi connectivity index (χ2n) is 6.13. The molecule has 0 aromatic carbocycles. The number of rotatable bonds is 1. The number of hydrogen-bond donors (Lipinski definition) is 0. The highest BCUT2D eigenvalue weighted by Crippen LogP contribution is 2.36. The van der Waals surface area contributed by atoms with Crippen LogP contribution in [0.3, 0.4) is 0 Å².